The van der Waals surface area contributed by atoms with Gasteiger partial charge in [0.25, 0.3) is 0 Å². The van der Waals surface area contributed by atoms with Crippen molar-refractivity contribution < 1.29 is 14.0 Å². The highest BCUT2D eigenvalue weighted by molar-refractivity contribution is 6.42. The van der Waals surface area contributed by atoms with Crippen LogP contribution in [0.25, 0.3) is 0 Å². The highest BCUT2D eigenvalue weighted by Crippen LogP contribution is 2.46. The Morgan fingerprint density at radius 3 is 2.54 bits per heavy atom. The Labute approximate surface area is 176 Å². The maximum Gasteiger partial charge on any atom is 0.232 e. The molecule has 0 saturated heterocycles. The fourth-order valence-corrected chi connectivity index (χ4v) is 4.59. The number of hydrogen-bond donors (Lipinski definition) is 0. The number of nitrogens with zero attached hydrogens (tertiary/aromatic N) is 1. The monoisotopic (exact) mass is 437 g/mol. The van der Waals surface area contributed by atoms with E-state index >= 15 is 0 Å². The summed E-state index contributed by atoms with van der Waals surface area (Å²) < 4.78 is 13.6. The maximum atomic E-state index is 13.6. The van der Waals surface area contributed by atoms with Crippen LogP contribution in [-0.2, 0) is 9.59 Å². The molecule has 1 atom stereocenters. The van der Waals surface area contributed by atoms with E-state index in [0.717, 1.165) is 0 Å². The molecular formula is C21H15Cl3FNO2. The summed E-state index contributed by atoms with van der Waals surface area (Å²) in [5, 5.41) is 0.657. The smallest absolute Gasteiger partial charge is 0.232 e. The summed E-state index contributed by atoms with van der Waals surface area (Å²) >= 11 is 18.5. The van der Waals surface area contributed by atoms with Crippen molar-refractivity contribution in [3.63, 3.8) is 0 Å². The average molecular weight is 439 g/mol. The number of allylic oxidation sites excluding steroid dienone is 2. The fourth-order valence-electron chi connectivity index (χ4n) is 3.97. The van der Waals surface area contributed by atoms with Crippen LogP contribution in [0.1, 0.15) is 37.2 Å². The number of ketones is 1. The summed E-state index contributed by atoms with van der Waals surface area (Å²) in [6.07, 6.45) is 1.70. The number of anilines is 1. The summed E-state index contributed by atoms with van der Waals surface area (Å²) in [6.45, 7) is 0. The third kappa shape index (κ3) is 3.24. The largest absolute Gasteiger partial charge is 0.294 e. The number of carbonyl (C=O) groups excluding carboxylic acids is 2. The SMILES string of the molecule is O=C1CCCC2=C1C(c1cccc(Cl)c1Cl)CC(=O)N2c1ccc(F)c(Cl)c1. The van der Waals surface area contributed by atoms with Gasteiger partial charge in [0.15, 0.2) is 5.78 Å². The quantitative estimate of drug-likeness (QED) is 0.551. The molecule has 0 aromatic heterocycles. The maximum absolute atomic E-state index is 13.6. The summed E-state index contributed by atoms with van der Waals surface area (Å²) in [4.78, 5) is 27.4. The molecule has 2 aliphatic rings. The topological polar surface area (TPSA) is 37.4 Å². The van der Waals surface area contributed by atoms with Gasteiger partial charge in [-0.2, -0.15) is 0 Å². The third-order valence-electron chi connectivity index (χ3n) is 5.19. The molecule has 0 saturated carbocycles. The van der Waals surface area contributed by atoms with Crippen molar-refractivity contribution in [2.75, 3.05) is 4.90 Å². The molecule has 1 aliphatic heterocycles. The Kier molecular flexibility index (Phi) is 5.21. The molecule has 0 spiro atoms. The van der Waals surface area contributed by atoms with Crippen LogP contribution in [0.5, 0.6) is 0 Å². The van der Waals surface area contributed by atoms with Crippen molar-refractivity contribution in [3.8, 4) is 0 Å². The van der Waals surface area contributed by atoms with Gasteiger partial charge in [-0.3, -0.25) is 14.5 Å². The zero-order valence-corrected chi connectivity index (χ0v) is 16.9. The van der Waals surface area contributed by atoms with Gasteiger partial charge in [-0.1, -0.05) is 46.9 Å². The molecule has 4 rings (SSSR count). The van der Waals surface area contributed by atoms with E-state index in [1.165, 1.54) is 23.1 Å². The molecule has 28 heavy (non-hydrogen) atoms. The first-order chi connectivity index (χ1) is 13.4. The molecule has 1 heterocycles. The van der Waals surface area contributed by atoms with Crippen molar-refractivity contribution in [2.24, 2.45) is 0 Å². The zero-order valence-electron chi connectivity index (χ0n) is 14.6. The lowest BCUT2D eigenvalue weighted by Crippen LogP contribution is -2.40. The van der Waals surface area contributed by atoms with Gasteiger partial charge in [0.05, 0.1) is 20.8 Å². The number of halogens is 4. The molecular weight excluding hydrogens is 424 g/mol. The minimum absolute atomic E-state index is 0.00648. The second-order valence-corrected chi connectivity index (χ2v) is 8.06. The van der Waals surface area contributed by atoms with Crippen molar-refractivity contribution in [1.82, 2.24) is 0 Å². The van der Waals surface area contributed by atoms with Crippen LogP contribution < -0.4 is 4.90 Å². The van der Waals surface area contributed by atoms with Gasteiger partial charge < -0.3 is 0 Å². The molecule has 3 nitrogen and oxygen atoms in total. The zero-order chi connectivity index (χ0) is 20.0. The summed E-state index contributed by atoms with van der Waals surface area (Å²) in [5.41, 5.74) is 2.34. The van der Waals surface area contributed by atoms with Gasteiger partial charge in [0.1, 0.15) is 5.82 Å². The fraction of sp³-hybridized carbons (Fsp3) is 0.238. The van der Waals surface area contributed by atoms with Crippen molar-refractivity contribution >= 4 is 52.2 Å². The van der Waals surface area contributed by atoms with Crippen LogP contribution in [0.4, 0.5) is 10.1 Å². The van der Waals surface area contributed by atoms with Crippen LogP contribution >= 0.6 is 34.8 Å². The molecule has 2 aromatic rings. The van der Waals surface area contributed by atoms with Crippen LogP contribution in [0.2, 0.25) is 15.1 Å². The summed E-state index contributed by atoms with van der Waals surface area (Å²) in [6, 6.07) is 9.34. The van der Waals surface area contributed by atoms with Gasteiger partial charge in [0, 0.05) is 30.0 Å². The number of rotatable bonds is 2. The Morgan fingerprint density at radius 1 is 1.00 bits per heavy atom. The summed E-state index contributed by atoms with van der Waals surface area (Å²) in [7, 11) is 0. The Balaban J connectivity index is 1.89. The second kappa shape index (κ2) is 7.51. The Hall–Kier alpha value is -1.88. The van der Waals surface area contributed by atoms with E-state index in [1.54, 1.807) is 18.2 Å². The van der Waals surface area contributed by atoms with Gasteiger partial charge in [-0.15, -0.1) is 0 Å². The second-order valence-electron chi connectivity index (χ2n) is 6.86. The third-order valence-corrected chi connectivity index (χ3v) is 6.32. The first-order valence-corrected chi connectivity index (χ1v) is 10.00. The predicted molar refractivity (Wildman–Crippen MR) is 109 cm³/mol. The van der Waals surface area contributed by atoms with E-state index in [0.29, 0.717) is 51.8 Å². The van der Waals surface area contributed by atoms with Crippen molar-refractivity contribution in [2.45, 2.75) is 31.6 Å². The normalized spacial score (nSPS) is 19.9. The number of hydrogen-bond acceptors (Lipinski definition) is 2. The van der Waals surface area contributed by atoms with Gasteiger partial charge in [0.2, 0.25) is 5.91 Å². The number of benzene rings is 2. The molecule has 0 fully saturated rings. The van der Waals surface area contributed by atoms with Crippen molar-refractivity contribution in [3.05, 3.63) is 74.1 Å². The number of amides is 1. The molecule has 1 aliphatic carbocycles. The van der Waals surface area contributed by atoms with E-state index in [2.05, 4.69) is 0 Å². The standard InChI is InChI=1S/C21H15Cl3FNO2/c22-14-4-1-3-12(21(14)24)13-10-19(28)26(11-7-8-16(25)15(23)9-11)17-5-2-6-18(27)20(13)17/h1,3-4,7-9,13H,2,5-6,10H2. The van der Waals surface area contributed by atoms with Crippen LogP contribution in [0.3, 0.4) is 0 Å². The number of carbonyl (C=O) groups is 2. The van der Waals surface area contributed by atoms with E-state index < -0.39 is 11.7 Å². The van der Waals surface area contributed by atoms with Crippen LogP contribution in [0.15, 0.2) is 47.7 Å². The molecule has 0 bridgehead atoms. The molecule has 0 N–H and O–H groups in total. The van der Waals surface area contributed by atoms with Gasteiger partial charge >= 0.3 is 0 Å². The molecule has 1 unspecified atom stereocenters. The van der Waals surface area contributed by atoms with Gasteiger partial charge in [-0.25, -0.2) is 4.39 Å². The lowest BCUT2D eigenvalue weighted by molar-refractivity contribution is -0.119. The Morgan fingerprint density at radius 2 is 1.79 bits per heavy atom. The summed E-state index contributed by atoms with van der Waals surface area (Å²) in [5.74, 6) is -1.22. The van der Waals surface area contributed by atoms with Crippen LogP contribution in [0, 0.1) is 5.82 Å². The highest BCUT2D eigenvalue weighted by Gasteiger charge is 2.40. The lowest BCUT2D eigenvalue weighted by atomic mass is 9.77. The van der Waals surface area contributed by atoms with Crippen molar-refractivity contribution in [1.29, 1.82) is 0 Å². The Bertz CT molecular complexity index is 1030. The first kappa shape index (κ1) is 19.4. The molecule has 144 valence electrons. The minimum atomic E-state index is -0.563. The van der Waals surface area contributed by atoms with E-state index in [-0.39, 0.29) is 23.1 Å². The van der Waals surface area contributed by atoms with Crippen LogP contribution in [-0.4, -0.2) is 11.7 Å². The van der Waals surface area contributed by atoms with Gasteiger partial charge in [-0.05, 0) is 42.7 Å². The lowest BCUT2D eigenvalue weighted by Gasteiger charge is -2.38. The molecule has 7 heteroatoms. The minimum Gasteiger partial charge on any atom is -0.294 e. The highest BCUT2D eigenvalue weighted by atomic mass is 35.5. The molecule has 1 amide bonds. The average Bonchev–Trinajstić information content (AvgIpc) is 2.66. The first-order valence-electron chi connectivity index (χ1n) is 8.86. The molecule has 2 aromatic carbocycles. The van der Waals surface area contributed by atoms with E-state index in [1.807, 2.05) is 0 Å². The predicted octanol–water partition coefficient (Wildman–Crippen LogP) is 6.31. The van der Waals surface area contributed by atoms with E-state index in [4.69, 9.17) is 34.8 Å². The number of Topliss-reactive ketones (excluding diaryl/α,β-unsaturated/α-hetero) is 1. The molecule has 0 radical (unpaired) electrons. The van der Waals surface area contributed by atoms with E-state index in [9.17, 15) is 14.0 Å².